The molecule has 13 heteroatoms. The van der Waals surface area contributed by atoms with Crippen molar-refractivity contribution in [1.82, 2.24) is 25.0 Å². The van der Waals surface area contributed by atoms with Gasteiger partial charge in [-0.1, -0.05) is 30.3 Å². The lowest BCUT2D eigenvalue weighted by molar-refractivity contribution is -0.115. The number of amides is 2. The third-order valence-corrected chi connectivity index (χ3v) is 7.57. The van der Waals surface area contributed by atoms with Crippen LogP contribution in [0.3, 0.4) is 0 Å². The molecular formula is C25H20N6O5S2. The van der Waals surface area contributed by atoms with Crippen LogP contribution in [-0.4, -0.2) is 47.6 Å². The maximum absolute atomic E-state index is 12.9. The maximum Gasteiger partial charge on any atom is 0.290 e. The zero-order valence-corrected chi connectivity index (χ0v) is 21.3. The second-order valence-corrected chi connectivity index (χ2v) is 10.6. The third-order valence-electron chi connectivity index (χ3n) is 5.24. The van der Waals surface area contributed by atoms with Gasteiger partial charge in [-0.15, -0.1) is 0 Å². The number of thioether (sulfide) groups is 1. The van der Waals surface area contributed by atoms with Crippen molar-refractivity contribution in [1.29, 1.82) is 0 Å². The quantitative estimate of drug-likeness (QED) is 0.209. The predicted molar refractivity (Wildman–Crippen MR) is 143 cm³/mol. The van der Waals surface area contributed by atoms with Crippen molar-refractivity contribution in [3.05, 3.63) is 83.7 Å². The van der Waals surface area contributed by atoms with E-state index in [0.717, 1.165) is 17.1 Å². The fraction of sp³-hybridized carbons (Fsp3) is 0.0800. The average Bonchev–Trinajstić information content (AvgIpc) is 3.22. The Labute approximate surface area is 221 Å². The number of anilines is 1. The van der Waals surface area contributed by atoms with Crippen molar-refractivity contribution in [3.63, 3.8) is 0 Å². The smallest absolute Gasteiger partial charge is 0.290 e. The summed E-state index contributed by atoms with van der Waals surface area (Å²) in [5.74, 6) is 0.366. The van der Waals surface area contributed by atoms with E-state index in [2.05, 4.69) is 30.3 Å². The van der Waals surface area contributed by atoms with E-state index in [1.807, 2.05) is 18.2 Å². The summed E-state index contributed by atoms with van der Waals surface area (Å²) < 4.78 is 34.3. The van der Waals surface area contributed by atoms with Crippen LogP contribution in [0.5, 0.6) is 11.6 Å². The van der Waals surface area contributed by atoms with E-state index >= 15 is 0 Å². The van der Waals surface area contributed by atoms with E-state index in [4.69, 9.17) is 4.74 Å². The molecule has 3 N–H and O–H groups in total. The van der Waals surface area contributed by atoms with Crippen LogP contribution < -0.4 is 20.1 Å². The Balaban J connectivity index is 1.32. The summed E-state index contributed by atoms with van der Waals surface area (Å²) in [5.41, 5.74) is 0.325. The molecule has 38 heavy (non-hydrogen) atoms. The van der Waals surface area contributed by atoms with Gasteiger partial charge in [0, 0.05) is 42.3 Å². The number of sulfonamides is 1. The van der Waals surface area contributed by atoms with E-state index in [1.165, 1.54) is 18.2 Å². The highest BCUT2D eigenvalue weighted by Gasteiger charge is 2.25. The Hall–Kier alpha value is -4.33. The molecule has 5 rings (SSSR count). The van der Waals surface area contributed by atoms with Crippen molar-refractivity contribution < 1.29 is 22.7 Å². The lowest BCUT2D eigenvalue weighted by atomic mass is 10.2. The molecule has 2 aromatic carbocycles. The second kappa shape index (κ2) is 11.0. The Morgan fingerprint density at radius 1 is 1.00 bits per heavy atom. The van der Waals surface area contributed by atoms with Crippen LogP contribution in [0.4, 0.5) is 10.7 Å². The van der Waals surface area contributed by atoms with Gasteiger partial charge in [-0.2, -0.15) is 4.98 Å². The topological polar surface area (TPSA) is 152 Å². The zero-order chi connectivity index (χ0) is 26.5. The number of hydrogen-bond donors (Lipinski definition) is 3. The Morgan fingerprint density at radius 2 is 1.84 bits per heavy atom. The monoisotopic (exact) mass is 548 g/mol. The van der Waals surface area contributed by atoms with E-state index in [-0.39, 0.29) is 34.7 Å². The van der Waals surface area contributed by atoms with Crippen molar-refractivity contribution >= 4 is 55.7 Å². The molecule has 0 aliphatic carbocycles. The number of rotatable bonds is 9. The van der Waals surface area contributed by atoms with Gasteiger partial charge < -0.3 is 10.1 Å². The Kier molecular flexibility index (Phi) is 7.31. The summed E-state index contributed by atoms with van der Waals surface area (Å²) in [6.45, 7) is 0.199. The van der Waals surface area contributed by atoms with E-state index < -0.39 is 21.2 Å². The third kappa shape index (κ3) is 5.96. The van der Waals surface area contributed by atoms with Crippen LogP contribution in [0.15, 0.2) is 82.9 Å². The van der Waals surface area contributed by atoms with Crippen LogP contribution >= 0.6 is 11.8 Å². The van der Waals surface area contributed by atoms with Crippen molar-refractivity contribution in [2.45, 2.75) is 4.90 Å². The highest BCUT2D eigenvalue weighted by Crippen LogP contribution is 2.27. The molecule has 2 aromatic heterocycles. The highest BCUT2D eigenvalue weighted by atomic mass is 32.2. The molecule has 1 aliphatic rings. The molecule has 2 amide bonds. The molecular weight excluding hydrogens is 528 g/mol. The first-order valence-corrected chi connectivity index (χ1v) is 13.6. The van der Waals surface area contributed by atoms with E-state index in [0.29, 0.717) is 16.8 Å². The van der Waals surface area contributed by atoms with Crippen LogP contribution in [0, 0.1) is 0 Å². The van der Waals surface area contributed by atoms with E-state index in [9.17, 15) is 18.0 Å². The SMILES string of the molecule is O=C1NC(=O)C(=Cc2cc(Oc3ccccc3)nc(NCCNS(=O)(=O)c3cccc4cnccc34)n2)S1. The second-order valence-electron chi connectivity index (χ2n) is 7.90. The van der Waals surface area contributed by atoms with Crippen molar-refractivity contribution in [3.8, 4) is 11.6 Å². The number of nitrogens with one attached hydrogen (secondary N) is 3. The van der Waals surface area contributed by atoms with Gasteiger partial charge in [0.2, 0.25) is 21.9 Å². The number of fused-ring (bicyclic) bond motifs is 1. The number of nitrogens with zero attached hydrogens (tertiary/aromatic N) is 3. The molecule has 192 valence electrons. The molecule has 0 radical (unpaired) electrons. The summed E-state index contributed by atoms with van der Waals surface area (Å²) in [5, 5.41) is 5.99. The minimum absolute atomic E-state index is 0.0418. The van der Waals surface area contributed by atoms with Gasteiger partial charge in [0.15, 0.2) is 0 Å². The number of imide groups is 1. The first-order valence-electron chi connectivity index (χ1n) is 11.3. The van der Waals surface area contributed by atoms with Gasteiger partial charge in [0.1, 0.15) is 5.75 Å². The first kappa shape index (κ1) is 25.3. The highest BCUT2D eigenvalue weighted by molar-refractivity contribution is 8.18. The number of hydrogen-bond acceptors (Lipinski definition) is 10. The van der Waals surface area contributed by atoms with Gasteiger partial charge in [0.05, 0.1) is 15.5 Å². The summed E-state index contributed by atoms with van der Waals surface area (Å²) in [4.78, 5) is 36.6. The number of para-hydroxylation sites is 1. The first-order chi connectivity index (χ1) is 18.4. The Morgan fingerprint density at radius 3 is 2.63 bits per heavy atom. The number of aromatic nitrogens is 3. The minimum Gasteiger partial charge on any atom is -0.439 e. The van der Waals surface area contributed by atoms with Gasteiger partial charge >= 0.3 is 0 Å². The lowest BCUT2D eigenvalue weighted by Gasteiger charge is -2.11. The maximum atomic E-state index is 12.9. The van der Waals surface area contributed by atoms with Crippen LogP contribution in [-0.2, 0) is 14.8 Å². The van der Waals surface area contributed by atoms with Gasteiger partial charge in [-0.3, -0.25) is 19.9 Å². The fourth-order valence-electron chi connectivity index (χ4n) is 3.58. The normalized spacial score (nSPS) is 14.6. The fourth-order valence-corrected chi connectivity index (χ4v) is 5.50. The molecule has 0 unspecified atom stereocenters. The van der Waals surface area contributed by atoms with Gasteiger partial charge in [-0.05, 0) is 42.1 Å². The number of pyridine rings is 1. The molecule has 11 nitrogen and oxygen atoms in total. The number of carbonyl (C=O) groups is 2. The van der Waals surface area contributed by atoms with Crippen LogP contribution in [0.1, 0.15) is 5.69 Å². The molecule has 0 saturated carbocycles. The standard InChI is InChI=1S/C25H20N6O5S2/c32-23-20(37-25(33)31-23)13-17-14-22(36-18-6-2-1-3-7-18)30-24(29-17)27-11-12-28-38(34,35)21-8-4-5-16-15-26-10-9-19(16)21/h1-10,13-15,28H,11-12H2,(H,27,29,30)(H,31,32,33). The van der Waals surface area contributed by atoms with Gasteiger partial charge in [0.25, 0.3) is 11.1 Å². The number of ether oxygens (including phenoxy) is 1. The molecule has 0 spiro atoms. The predicted octanol–water partition coefficient (Wildman–Crippen LogP) is 3.53. The molecule has 0 atom stereocenters. The largest absolute Gasteiger partial charge is 0.439 e. The molecule has 3 heterocycles. The summed E-state index contributed by atoms with van der Waals surface area (Å²) in [6, 6.07) is 17.1. The number of benzene rings is 2. The molecule has 1 fully saturated rings. The Bertz CT molecular complexity index is 1660. The minimum atomic E-state index is -3.80. The van der Waals surface area contributed by atoms with Crippen molar-refractivity contribution in [2.24, 2.45) is 0 Å². The summed E-state index contributed by atoms with van der Waals surface area (Å²) in [6.07, 6.45) is 4.60. The summed E-state index contributed by atoms with van der Waals surface area (Å²) in [7, 11) is -3.80. The average molecular weight is 549 g/mol. The molecule has 0 bridgehead atoms. The molecule has 4 aromatic rings. The van der Waals surface area contributed by atoms with Crippen LogP contribution in [0.2, 0.25) is 0 Å². The number of carbonyl (C=O) groups excluding carboxylic acids is 2. The summed E-state index contributed by atoms with van der Waals surface area (Å²) >= 11 is 0.766. The van der Waals surface area contributed by atoms with Gasteiger partial charge in [-0.25, -0.2) is 18.1 Å². The lowest BCUT2D eigenvalue weighted by Crippen LogP contribution is -2.29. The molecule has 1 saturated heterocycles. The molecule has 1 aliphatic heterocycles. The van der Waals surface area contributed by atoms with E-state index in [1.54, 1.807) is 42.7 Å². The van der Waals surface area contributed by atoms with Crippen molar-refractivity contribution in [2.75, 3.05) is 18.4 Å². The van der Waals surface area contributed by atoms with Crippen LogP contribution in [0.25, 0.3) is 16.8 Å². The zero-order valence-electron chi connectivity index (χ0n) is 19.6.